The molecule has 4 heteroatoms. The molecule has 0 saturated carbocycles. The highest BCUT2D eigenvalue weighted by molar-refractivity contribution is 5.96. The van der Waals surface area contributed by atoms with Crippen molar-refractivity contribution >= 4 is 11.7 Å². The highest BCUT2D eigenvalue weighted by Gasteiger charge is 2.18. The molecular weight excluding hydrogens is 218 g/mol. The standard InChI is InChI=1S/C13H19NO3/c1-8(2)9(3)17-13(15)10-6-5-7-11(16-4)12(10)14/h5-9H,14H2,1-4H3. The summed E-state index contributed by atoms with van der Waals surface area (Å²) in [6.45, 7) is 5.85. The third-order valence-corrected chi connectivity index (χ3v) is 2.74. The lowest BCUT2D eigenvalue weighted by Crippen LogP contribution is -2.21. The van der Waals surface area contributed by atoms with Crippen molar-refractivity contribution in [1.29, 1.82) is 0 Å². The van der Waals surface area contributed by atoms with Gasteiger partial charge in [0.2, 0.25) is 0 Å². The molecule has 1 rings (SSSR count). The molecule has 0 radical (unpaired) electrons. The quantitative estimate of drug-likeness (QED) is 0.645. The van der Waals surface area contributed by atoms with Crippen LogP contribution in [0.25, 0.3) is 0 Å². The van der Waals surface area contributed by atoms with Gasteiger partial charge in [-0.25, -0.2) is 4.79 Å². The summed E-state index contributed by atoms with van der Waals surface area (Å²) in [4.78, 5) is 11.9. The van der Waals surface area contributed by atoms with E-state index >= 15 is 0 Å². The van der Waals surface area contributed by atoms with Crippen LogP contribution in [0.15, 0.2) is 18.2 Å². The van der Waals surface area contributed by atoms with Crippen molar-refractivity contribution in [3.8, 4) is 5.75 Å². The number of benzene rings is 1. The van der Waals surface area contributed by atoms with Crippen molar-refractivity contribution < 1.29 is 14.3 Å². The SMILES string of the molecule is COc1cccc(C(=O)OC(C)C(C)C)c1N. The minimum atomic E-state index is -0.414. The summed E-state index contributed by atoms with van der Waals surface area (Å²) in [7, 11) is 1.51. The van der Waals surface area contributed by atoms with E-state index < -0.39 is 5.97 Å². The molecule has 1 aromatic rings. The van der Waals surface area contributed by atoms with Gasteiger partial charge in [0.15, 0.2) is 0 Å². The van der Waals surface area contributed by atoms with E-state index in [1.807, 2.05) is 20.8 Å². The predicted molar refractivity (Wildman–Crippen MR) is 67.1 cm³/mol. The van der Waals surface area contributed by atoms with Crippen LogP contribution >= 0.6 is 0 Å². The lowest BCUT2D eigenvalue weighted by molar-refractivity contribution is 0.0239. The Labute approximate surface area is 102 Å². The number of carbonyl (C=O) groups is 1. The molecule has 94 valence electrons. The van der Waals surface area contributed by atoms with E-state index in [0.717, 1.165) is 0 Å². The maximum Gasteiger partial charge on any atom is 0.340 e. The maximum atomic E-state index is 11.9. The number of nitrogen functional groups attached to an aromatic ring is 1. The van der Waals surface area contributed by atoms with Crippen molar-refractivity contribution in [2.45, 2.75) is 26.9 Å². The second-order valence-corrected chi connectivity index (χ2v) is 4.28. The van der Waals surface area contributed by atoms with E-state index in [0.29, 0.717) is 17.0 Å². The molecule has 1 aromatic carbocycles. The smallest absolute Gasteiger partial charge is 0.340 e. The van der Waals surface area contributed by atoms with Gasteiger partial charge in [0, 0.05) is 0 Å². The van der Waals surface area contributed by atoms with E-state index in [9.17, 15) is 4.79 Å². The highest BCUT2D eigenvalue weighted by Crippen LogP contribution is 2.25. The minimum absolute atomic E-state index is 0.145. The molecule has 0 heterocycles. The molecule has 0 aromatic heterocycles. The Kier molecular flexibility index (Phi) is 4.37. The average molecular weight is 237 g/mol. The first-order valence-corrected chi connectivity index (χ1v) is 5.60. The van der Waals surface area contributed by atoms with Crippen LogP contribution in [0.3, 0.4) is 0 Å². The zero-order valence-corrected chi connectivity index (χ0v) is 10.7. The fourth-order valence-corrected chi connectivity index (χ4v) is 1.27. The molecular formula is C13H19NO3. The Morgan fingerprint density at radius 1 is 1.29 bits per heavy atom. The van der Waals surface area contributed by atoms with Crippen LogP contribution < -0.4 is 10.5 Å². The Morgan fingerprint density at radius 2 is 1.94 bits per heavy atom. The number of esters is 1. The lowest BCUT2D eigenvalue weighted by Gasteiger charge is -2.17. The summed E-state index contributed by atoms with van der Waals surface area (Å²) in [5.41, 5.74) is 6.48. The van der Waals surface area contributed by atoms with Gasteiger partial charge >= 0.3 is 5.97 Å². The summed E-state index contributed by atoms with van der Waals surface area (Å²) >= 11 is 0. The van der Waals surface area contributed by atoms with Crippen LogP contribution in [0.1, 0.15) is 31.1 Å². The minimum Gasteiger partial charge on any atom is -0.495 e. The van der Waals surface area contributed by atoms with Gasteiger partial charge in [0.1, 0.15) is 11.9 Å². The molecule has 1 unspecified atom stereocenters. The molecule has 0 bridgehead atoms. The van der Waals surface area contributed by atoms with E-state index in [4.69, 9.17) is 15.2 Å². The van der Waals surface area contributed by atoms with Crippen LogP contribution in [0.5, 0.6) is 5.75 Å². The van der Waals surface area contributed by atoms with Crippen molar-refractivity contribution in [1.82, 2.24) is 0 Å². The van der Waals surface area contributed by atoms with E-state index in [2.05, 4.69) is 0 Å². The summed E-state index contributed by atoms with van der Waals surface area (Å²) in [5, 5.41) is 0. The zero-order chi connectivity index (χ0) is 13.0. The van der Waals surface area contributed by atoms with Gasteiger partial charge in [-0.1, -0.05) is 19.9 Å². The van der Waals surface area contributed by atoms with Gasteiger partial charge in [-0.3, -0.25) is 0 Å². The van der Waals surface area contributed by atoms with Gasteiger partial charge in [-0.15, -0.1) is 0 Å². The number of hydrogen-bond donors (Lipinski definition) is 1. The molecule has 17 heavy (non-hydrogen) atoms. The maximum absolute atomic E-state index is 11.9. The number of anilines is 1. The molecule has 2 N–H and O–H groups in total. The van der Waals surface area contributed by atoms with Crippen molar-refractivity contribution in [2.75, 3.05) is 12.8 Å². The van der Waals surface area contributed by atoms with Crippen LogP contribution in [0, 0.1) is 5.92 Å². The number of nitrogens with two attached hydrogens (primary N) is 1. The van der Waals surface area contributed by atoms with Crippen LogP contribution in [-0.2, 0) is 4.74 Å². The summed E-state index contributed by atoms with van der Waals surface area (Å²) < 4.78 is 10.4. The third-order valence-electron chi connectivity index (χ3n) is 2.74. The van der Waals surface area contributed by atoms with Gasteiger partial charge in [0.25, 0.3) is 0 Å². The Morgan fingerprint density at radius 3 is 2.47 bits per heavy atom. The van der Waals surface area contributed by atoms with Gasteiger partial charge < -0.3 is 15.2 Å². The summed E-state index contributed by atoms with van der Waals surface area (Å²) in [6, 6.07) is 5.05. The van der Waals surface area contributed by atoms with Gasteiger partial charge in [0.05, 0.1) is 18.4 Å². The average Bonchev–Trinajstić information content (AvgIpc) is 2.28. The number of para-hydroxylation sites is 1. The topological polar surface area (TPSA) is 61.5 Å². The molecule has 0 spiro atoms. The molecule has 0 fully saturated rings. The van der Waals surface area contributed by atoms with Crippen molar-refractivity contribution in [3.63, 3.8) is 0 Å². The fraction of sp³-hybridized carbons (Fsp3) is 0.462. The number of hydrogen-bond acceptors (Lipinski definition) is 4. The van der Waals surface area contributed by atoms with Crippen LogP contribution in [-0.4, -0.2) is 19.2 Å². The van der Waals surface area contributed by atoms with E-state index in [-0.39, 0.29) is 12.0 Å². The molecule has 0 saturated heterocycles. The van der Waals surface area contributed by atoms with Crippen LogP contribution in [0.4, 0.5) is 5.69 Å². The van der Waals surface area contributed by atoms with E-state index in [1.165, 1.54) is 7.11 Å². The Bertz CT molecular complexity index is 402. The predicted octanol–water partition coefficient (Wildman–Crippen LogP) is 2.48. The van der Waals surface area contributed by atoms with Crippen LogP contribution in [0.2, 0.25) is 0 Å². The molecule has 0 amide bonds. The fourth-order valence-electron chi connectivity index (χ4n) is 1.27. The molecule has 0 aliphatic heterocycles. The molecule has 1 atom stereocenters. The number of carbonyl (C=O) groups excluding carboxylic acids is 1. The van der Waals surface area contributed by atoms with E-state index in [1.54, 1.807) is 18.2 Å². The Hall–Kier alpha value is -1.71. The first kappa shape index (κ1) is 13.4. The number of ether oxygens (including phenoxy) is 2. The van der Waals surface area contributed by atoms with Crippen molar-refractivity contribution in [3.05, 3.63) is 23.8 Å². The second-order valence-electron chi connectivity index (χ2n) is 4.28. The first-order valence-electron chi connectivity index (χ1n) is 5.60. The third kappa shape index (κ3) is 3.12. The summed E-state index contributed by atoms with van der Waals surface area (Å²) in [6.07, 6.45) is -0.145. The molecule has 4 nitrogen and oxygen atoms in total. The monoisotopic (exact) mass is 237 g/mol. The first-order chi connectivity index (χ1) is 7.97. The normalized spacial score (nSPS) is 12.3. The molecule has 0 aliphatic carbocycles. The zero-order valence-electron chi connectivity index (χ0n) is 10.7. The van der Waals surface area contributed by atoms with Gasteiger partial charge in [-0.05, 0) is 25.0 Å². The number of methoxy groups -OCH3 is 1. The molecule has 0 aliphatic rings. The lowest BCUT2D eigenvalue weighted by atomic mass is 10.1. The largest absolute Gasteiger partial charge is 0.495 e. The second kappa shape index (κ2) is 5.57. The summed E-state index contributed by atoms with van der Waals surface area (Å²) in [5.74, 6) is 0.338. The van der Waals surface area contributed by atoms with Crippen molar-refractivity contribution in [2.24, 2.45) is 5.92 Å². The number of rotatable bonds is 4. The Balaban J connectivity index is 2.89. The highest BCUT2D eigenvalue weighted by atomic mass is 16.5. The van der Waals surface area contributed by atoms with Gasteiger partial charge in [-0.2, -0.15) is 0 Å².